The Kier molecular flexibility index (Phi) is 4.02. The summed E-state index contributed by atoms with van der Waals surface area (Å²) >= 11 is 3.06. The summed E-state index contributed by atoms with van der Waals surface area (Å²) in [5.41, 5.74) is -0.376. The molecule has 0 spiro atoms. The van der Waals surface area contributed by atoms with Crippen molar-refractivity contribution in [3.63, 3.8) is 0 Å². The van der Waals surface area contributed by atoms with Crippen LogP contribution in [0.25, 0.3) is 0 Å². The minimum Gasteiger partial charge on any atom is -0.299 e. The molecule has 1 N–H and O–H groups in total. The van der Waals surface area contributed by atoms with Gasteiger partial charge in [-0.25, -0.2) is 4.98 Å². The fraction of sp³-hybridized carbons (Fsp3) is 0.727. The van der Waals surface area contributed by atoms with E-state index < -0.39 is 0 Å². The Hall–Kier alpha value is -0.640. The van der Waals surface area contributed by atoms with Gasteiger partial charge in [0.1, 0.15) is 11.4 Å². The van der Waals surface area contributed by atoms with Crippen molar-refractivity contribution in [3.8, 4) is 6.07 Å². The van der Waals surface area contributed by atoms with E-state index in [-0.39, 0.29) is 5.54 Å². The summed E-state index contributed by atoms with van der Waals surface area (Å²) in [6.07, 6.45) is 2.33. The van der Waals surface area contributed by atoms with Crippen molar-refractivity contribution in [3.05, 3.63) is 5.82 Å². The van der Waals surface area contributed by atoms with Crippen molar-refractivity contribution >= 4 is 23.3 Å². The highest BCUT2D eigenvalue weighted by atomic mass is 32.2. The van der Waals surface area contributed by atoms with Crippen LogP contribution in [0.15, 0.2) is 4.34 Å². The number of rotatable bonds is 6. The van der Waals surface area contributed by atoms with Crippen molar-refractivity contribution in [2.75, 3.05) is 12.3 Å². The molecule has 4 nitrogen and oxygen atoms in total. The molecule has 0 aromatic carbocycles. The van der Waals surface area contributed by atoms with Gasteiger partial charge in [-0.3, -0.25) is 5.32 Å². The minimum atomic E-state index is -0.376. The fourth-order valence-corrected chi connectivity index (χ4v) is 3.75. The molecule has 1 aliphatic carbocycles. The first-order valence-corrected chi connectivity index (χ1v) is 7.55. The van der Waals surface area contributed by atoms with Crippen molar-refractivity contribution in [2.45, 2.75) is 36.6 Å². The molecule has 1 heterocycles. The van der Waals surface area contributed by atoms with Gasteiger partial charge in [-0.1, -0.05) is 18.7 Å². The Morgan fingerprint density at radius 2 is 2.41 bits per heavy atom. The van der Waals surface area contributed by atoms with Gasteiger partial charge in [-0.2, -0.15) is 9.64 Å². The highest BCUT2D eigenvalue weighted by molar-refractivity contribution is 8.01. The largest absolute Gasteiger partial charge is 0.299 e. The lowest BCUT2D eigenvalue weighted by Crippen LogP contribution is -2.48. The first-order chi connectivity index (χ1) is 8.20. The van der Waals surface area contributed by atoms with Crippen LogP contribution in [0.2, 0.25) is 0 Å². The van der Waals surface area contributed by atoms with Gasteiger partial charge in [0.05, 0.1) is 6.07 Å². The molecule has 1 saturated carbocycles. The molecule has 0 radical (unpaired) electrons. The number of nitrogens with zero attached hydrogens (tertiary/aromatic N) is 3. The first-order valence-electron chi connectivity index (χ1n) is 5.79. The number of thioether (sulfide) groups is 1. The maximum absolute atomic E-state index is 9.44. The summed E-state index contributed by atoms with van der Waals surface area (Å²) in [5.74, 6) is 2.08. The third-order valence-electron chi connectivity index (χ3n) is 2.90. The second-order valence-corrected chi connectivity index (χ2v) is 6.26. The van der Waals surface area contributed by atoms with Crippen LogP contribution in [0, 0.1) is 24.2 Å². The number of aryl methyl sites for hydroxylation is 1. The van der Waals surface area contributed by atoms with Crippen LogP contribution in [0.5, 0.6) is 0 Å². The lowest BCUT2D eigenvalue weighted by atomic mass is 9.98. The molecule has 1 unspecified atom stereocenters. The normalized spacial score (nSPS) is 18.6. The summed E-state index contributed by atoms with van der Waals surface area (Å²) in [5, 5.41) is 12.8. The van der Waals surface area contributed by atoms with Crippen molar-refractivity contribution in [2.24, 2.45) is 5.92 Å². The molecule has 6 heteroatoms. The van der Waals surface area contributed by atoms with Gasteiger partial charge in [-0.05, 0) is 43.8 Å². The van der Waals surface area contributed by atoms with Gasteiger partial charge < -0.3 is 0 Å². The van der Waals surface area contributed by atoms with E-state index in [0.717, 1.165) is 35.3 Å². The lowest BCUT2D eigenvalue weighted by Gasteiger charge is -2.26. The van der Waals surface area contributed by atoms with Gasteiger partial charge in [0.15, 0.2) is 4.34 Å². The van der Waals surface area contributed by atoms with Crippen molar-refractivity contribution in [1.82, 2.24) is 14.7 Å². The van der Waals surface area contributed by atoms with Crippen molar-refractivity contribution < 1.29 is 0 Å². The Bertz CT molecular complexity index is 421. The maximum atomic E-state index is 9.44. The van der Waals surface area contributed by atoms with Crippen LogP contribution in [0.1, 0.15) is 25.6 Å². The molecule has 0 aliphatic heterocycles. The topological polar surface area (TPSA) is 61.6 Å². The number of nitrogens with one attached hydrogen (secondary N) is 1. The van der Waals surface area contributed by atoms with E-state index in [2.05, 4.69) is 20.7 Å². The van der Waals surface area contributed by atoms with Gasteiger partial charge in [0, 0.05) is 5.75 Å². The SMILES string of the molecule is CCNC(C#N)(CSc1nc(C)ns1)C1CC1. The zero-order valence-corrected chi connectivity index (χ0v) is 11.7. The quantitative estimate of drug-likeness (QED) is 0.802. The molecule has 0 amide bonds. The van der Waals surface area contributed by atoms with Crippen LogP contribution >= 0.6 is 23.3 Å². The molecule has 92 valence electrons. The molecule has 2 rings (SSSR count). The zero-order chi connectivity index (χ0) is 12.3. The van der Waals surface area contributed by atoms with E-state index in [4.69, 9.17) is 0 Å². The van der Waals surface area contributed by atoms with E-state index in [9.17, 15) is 5.26 Å². The molecule has 0 saturated heterocycles. The summed E-state index contributed by atoms with van der Waals surface area (Å²) in [6, 6.07) is 2.48. The molecule has 1 aromatic heterocycles. The second kappa shape index (κ2) is 5.34. The predicted octanol–water partition coefficient (Wildman–Crippen LogP) is 2.22. The van der Waals surface area contributed by atoms with Crippen LogP contribution in [-0.2, 0) is 0 Å². The number of aromatic nitrogens is 2. The standard InChI is InChI=1S/C11H16N4S2/c1-3-13-11(6-12,9-4-5-9)7-16-10-14-8(2)15-17-10/h9,13H,3-5,7H2,1-2H3. The third kappa shape index (κ3) is 2.97. The first kappa shape index (κ1) is 12.8. The molecule has 0 bridgehead atoms. The number of hydrogen-bond acceptors (Lipinski definition) is 6. The Morgan fingerprint density at radius 1 is 1.65 bits per heavy atom. The predicted molar refractivity (Wildman–Crippen MR) is 70.1 cm³/mol. The fourth-order valence-electron chi connectivity index (χ4n) is 1.88. The summed E-state index contributed by atoms with van der Waals surface area (Å²) in [6.45, 7) is 4.78. The van der Waals surface area contributed by atoms with Gasteiger partial charge >= 0.3 is 0 Å². The summed E-state index contributed by atoms with van der Waals surface area (Å²) in [4.78, 5) is 4.32. The molecule has 1 atom stereocenters. The van der Waals surface area contributed by atoms with E-state index in [0.29, 0.717) is 5.92 Å². The smallest absolute Gasteiger partial charge is 0.170 e. The average Bonchev–Trinajstić information content (AvgIpc) is 3.09. The molecular formula is C11H16N4S2. The monoisotopic (exact) mass is 268 g/mol. The minimum absolute atomic E-state index is 0.376. The maximum Gasteiger partial charge on any atom is 0.170 e. The second-order valence-electron chi connectivity index (χ2n) is 4.28. The molecule has 1 aromatic rings. The van der Waals surface area contributed by atoms with Crippen LogP contribution in [0.4, 0.5) is 0 Å². The van der Waals surface area contributed by atoms with E-state index in [1.165, 1.54) is 11.5 Å². The van der Waals surface area contributed by atoms with Gasteiger partial charge in [0.25, 0.3) is 0 Å². The Labute approximate surface area is 110 Å². The third-order valence-corrected chi connectivity index (χ3v) is 5.02. The van der Waals surface area contributed by atoms with E-state index in [1.54, 1.807) is 11.8 Å². The Morgan fingerprint density at radius 3 is 2.88 bits per heavy atom. The number of hydrogen-bond donors (Lipinski definition) is 1. The van der Waals surface area contributed by atoms with E-state index in [1.807, 2.05) is 13.8 Å². The van der Waals surface area contributed by atoms with E-state index >= 15 is 0 Å². The van der Waals surface area contributed by atoms with Crippen LogP contribution in [0.3, 0.4) is 0 Å². The lowest BCUT2D eigenvalue weighted by molar-refractivity contribution is 0.416. The Balaban J connectivity index is 2.00. The van der Waals surface area contributed by atoms with Gasteiger partial charge in [-0.15, -0.1) is 0 Å². The molecule has 17 heavy (non-hydrogen) atoms. The highest BCUT2D eigenvalue weighted by Crippen LogP contribution is 2.42. The van der Waals surface area contributed by atoms with Crippen LogP contribution < -0.4 is 5.32 Å². The number of nitriles is 1. The zero-order valence-electron chi connectivity index (χ0n) is 10.1. The summed E-state index contributed by atoms with van der Waals surface area (Å²) in [7, 11) is 0. The summed E-state index contributed by atoms with van der Waals surface area (Å²) < 4.78 is 5.11. The van der Waals surface area contributed by atoms with Crippen LogP contribution in [-0.4, -0.2) is 27.2 Å². The highest BCUT2D eigenvalue weighted by Gasteiger charge is 2.45. The molecular weight excluding hydrogens is 252 g/mol. The average molecular weight is 268 g/mol. The van der Waals surface area contributed by atoms with Gasteiger partial charge in [0.2, 0.25) is 0 Å². The molecule has 1 fully saturated rings. The molecule has 1 aliphatic rings. The van der Waals surface area contributed by atoms with Crippen molar-refractivity contribution in [1.29, 1.82) is 5.26 Å².